The quantitative estimate of drug-likeness (QED) is 0.397. The molecule has 1 aliphatic heterocycles. The number of sulfone groups is 1. The second-order valence-electron chi connectivity index (χ2n) is 1.52. The summed E-state index contributed by atoms with van der Waals surface area (Å²) < 4.78 is 24.7. The van der Waals surface area contributed by atoms with Crippen LogP contribution in [0.3, 0.4) is 0 Å². The van der Waals surface area contributed by atoms with Crippen molar-refractivity contribution in [3.63, 3.8) is 0 Å². The van der Waals surface area contributed by atoms with Gasteiger partial charge in [0, 0.05) is 0 Å². The topological polar surface area (TPSA) is 60.4 Å². The van der Waals surface area contributed by atoms with E-state index in [1.807, 2.05) is 0 Å². The number of hydrogen-bond donors (Lipinski definition) is 0. The number of carbonyl (C=O) groups excluding carboxylic acids is 1. The molecule has 0 unspecified atom stereocenters. The Hall–Kier alpha value is -0.580. The van der Waals surface area contributed by atoms with Crippen LogP contribution in [0.5, 0.6) is 0 Å². The monoisotopic (exact) mass is 136 g/mol. The maximum Gasteiger partial charge on any atom is 0.322 e. The largest absolute Gasteiger partial charge is 0.449 e. The molecule has 1 rings (SSSR count). The summed E-state index contributed by atoms with van der Waals surface area (Å²) in [6, 6.07) is 0. The number of carbonyl (C=O) groups is 1. The van der Waals surface area contributed by atoms with Gasteiger partial charge in [-0.1, -0.05) is 0 Å². The molecule has 0 N–H and O–H groups in total. The second kappa shape index (κ2) is 1.45. The van der Waals surface area contributed by atoms with Crippen LogP contribution in [0.2, 0.25) is 0 Å². The Balaban J connectivity index is 2.86. The summed E-state index contributed by atoms with van der Waals surface area (Å²) in [5.41, 5.74) is 0. The molecule has 0 aromatic rings. The lowest BCUT2D eigenvalue weighted by Crippen LogP contribution is -2.02. The summed E-state index contributed by atoms with van der Waals surface area (Å²) in [5.74, 6) is -1.54. The number of hydrogen-bond acceptors (Lipinski definition) is 4. The van der Waals surface area contributed by atoms with Gasteiger partial charge in [-0.05, 0) is 0 Å². The molecular weight excluding hydrogens is 132 g/mol. The molecule has 1 saturated heterocycles. The van der Waals surface area contributed by atoms with Crippen molar-refractivity contribution in [2.24, 2.45) is 0 Å². The Bertz CT molecular complexity index is 201. The summed E-state index contributed by atoms with van der Waals surface area (Å²) >= 11 is 0. The fourth-order valence-corrected chi connectivity index (χ4v) is 1.26. The van der Waals surface area contributed by atoms with Gasteiger partial charge in [0.15, 0.2) is 21.5 Å². The lowest BCUT2D eigenvalue weighted by molar-refractivity contribution is -0.136. The molecule has 0 radical (unpaired) electrons. The van der Waals surface area contributed by atoms with Crippen molar-refractivity contribution >= 4 is 15.8 Å². The molecule has 0 atom stereocenters. The zero-order valence-electron chi connectivity index (χ0n) is 3.96. The van der Waals surface area contributed by atoms with E-state index in [0.717, 1.165) is 0 Å². The van der Waals surface area contributed by atoms with Crippen molar-refractivity contribution in [1.29, 1.82) is 0 Å². The molecule has 1 heterocycles. The van der Waals surface area contributed by atoms with Gasteiger partial charge in [-0.3, -0.25) is 4.79 Å². The molecule has 0 bridgehead atoms. The summed E-state index contributed by atoms with van der Waals surface area (Å²) in [6.07, 6.45) is 0. The highest BCUT2D eigenvalue weighted by Crippen LogP contribution is 2.01. The molecule has 0 saturated carbocycles. The second-order valence-corrected chi connectivity index (χ2v) is 3.53. The van der Waals surface area contributed by atoms with E-state index in [1.54, 1.807) is 0 Å². The third-order valence-corrected chi connectivity index (χ3v) is 1.89. The molecule has 0 aromatic carbocycles. The fraction of sp³-hybridized carbons (Fsp3) is 0.667. The Labute approximate surface area is 46.4 Å². The van der Waals surface area contributed by atoms with Crippen molar-refractivity contribution in [2.45, 2.75) is 0 Å². The first kappa shape index (κ1) is 5.55. The van der Waals surface area contributed by atoms with Crippen molar-refractivity contribution in [1.82, 2.24) is 0 Å². The van der Waals surface area contributed by atoms with Gasteiger partial charge in [0.05, 0.1) is 0 Å². The zero-order chi connectivity index (χ0) is 6.20. The highest BCUT2D eigenvalue weighted by Gasteiger charge is 2.26. The minimum absolute atomic E-state index is 0.439. The van der Waals surface area contributed by atoms with Gasteiger partial charge in [0.2, 0.25) is 0 Å². The summed E-state index contributed by atoms with van der Waals surface area (Å²) in [7, 11) is -3.17. The van der Waals surface area contributed by atoms with Crippen LogP contribution in [0.25, 0.3) is 0 Å². The van der Waals surface area contributed by atoms with Crippen LogP contribution in [0.1, 0.15) is 0 Å². The van der Waals surface area contributed by atoms with E-state index in [0.29, 0.717) is 0 Å². The van der Waals surface area contributed by atoms with Crippen LogP contribution in [-0.4, -0.2) is 26.1 Å². The molecule has 0 aromatic heterocycles. The predicted molar refractivity (Wildman–Crippen MR) is 24.7 cm³/mol. The molecule has 1 aliphatic rings. The minimum Gasteiger partial charge on any atom is -0.449 e. The smallest absolute Gasteiger partial charge is 0.322 e. The Morgan fingerprint density at radius 3 is 2.25 bits per heavy atom. The van der Waals surface area contributed by atoms with Gasteiger partial charge >= 0.3 is 5.97 Å². The van der Waals surface area contributed by atoms with Gasteiger partial charge < -0.3 is 4.74 Å². The highest BCUT2D eigenvalue weighted by molar-refractivity contribution is 7.92. The van der Waals surface area contributed by atoms with Crippen LogP contribution >= 0.6 is 0 Å². The third-order valence-electron chi connectivity index (χ3n) is 0.737. The van der Waals surface area contributed by atoms with Crippen molar-refractivity contribution in [3.8, 4) is 0 Å². The van der Waals surface area contributed by atoms with E-state index in [-0.39, 0.29) is 0 Å². The lowest BCUT2D eigenvalue weighted by atomic mass is 10.8. The van der Waals surface area contributed by atoms with E-state index in [1.165, 1.54) is 0 Å². The molecule has 8 heavy (non-hydrogen) atoms. The average molecular weight is 136 g/mol. The van der Waals surface area contributed by atoms with E-state index in [9.17, 15) is 13.2 Å². The summed E-state index contributed by atoms with van der Waals surface area (Å²) in [6.45, 7) is 0. The van der Waals surface area contributed by atoms with E-state index in [4.69, 9.17) is 0 Å². The standard InChI is InChI=1S/C3H4O4S/c4-3-1-8(5,6)2-7-3/h1-2H2. The van der Waals surface area contributed by atoms with E-state index in [2.05, 4.69) is 4.74 Å². The van der Waals surface area contributed by atoms with Gasteiger partial charge in [-0.25, -0.2) is 8.42 Å². The average Bonchev–Trinajstić information content (AvgIpc) is 1.82. The maximum atomic E-state index is 10.3. The molecular formula is C3H4O4S. The number of rotatable bonds is 0. The van der Waals surface area contributed by atoms with Crippen LogP contribution in [0.15, 0.2) is 0 Å². The number of cyclic esters (lactones) is 1. The molecule has 0 aliphatic carbocycles. The van der Waals surface area contributed by atoms with Crippen molar-refractivity contribution in [3.05, 3.63) is 0 Å². The van der Waals surface area contributed by atoms with Crippen LogP contribution < -0.4 is 0 Å². The van der Waals surface area contributed by atoms with Gasteiger partial charge in [-0.15, -0.1) is 0 Å². The summed E-state index contributed by atoms with van der Waals surface area (Å²) in [4.78, 5) is 10.1. The van der Waals surface area contributed by atoms with Crippen LogP contribution in [0, 0.1) is 0 Å². The zero-order valence-corrected chi connectivity index (χ0v) is 4.77. The van der Waals surface area contributed by atoms with Crippen molar-refractivity contribution < 1.29 is 17.9 Å². The summed E-state index contributed by atoms with van der Waals surface area (Å²) in [5, 5.41) is 0. The Morgan fingerprint density at radius 1 is 1.50 bits per heavy atom. The lowest BCUT2D eigenvalue weighted by Gasteiger charge is -1.80. The molecule has 4 nitrogen and oxygen atoms in total. The predicted octanol–water partition coefficient (Wildman–Crippen LogP) is -1.08. The Morgan fingerprint density at radius 2 is 2.12 bits per heavy atom. The Kier molecular flexibility index (Phi) is 1.00. The molecule has 1 fully saturated rings. The van der Waals surface area contributed by atoms with Crippen LogP contribution in [-0.2, 0) is 19.4 Å². The van der Waals surface area contributed by atoms with Crippen molar-refractivity contribution in [2.75, 3.05) is 11.7 Å². The normalized spacial score (nSPS) is 25.2. The van der Waals surface area contributed by atoms with Crippen LogP contribution in [0.4, 0.5) is 0 Å². The third kappa shape index (κ3) is 0.975. The molecule has 0 spiro atoms. The van der Waals surface area contributed by atoms with E-state index >= 15 is 0 Å². The first-order valence-corrected chi connectivity index (χ1v) is 3.78. The fourth-order valence-electron chi connectivity index (χ4n) is 0.418. The maximum absolute atomic E-state index is 10.3. The van der Waals surface area contributed by atoms with Gasteiger partial charge in [0.1, 0.15) is 0 Å². The first-order valence-electron chi connectivity index (χ1n) is 1.96. The van der Waals surface area contributed by atoms with Gasteiger partial charge in [-0.2, -0.15) is 0 Å². The highest BCUT2D eigenvalue weighted by atomic mass is 32.2. The van der Waals surface area contributed by atoms with Gasteiger partial charge in [0.25, 0.3) is 0 Å². The number of ether oxygens (including phenoxy) is 1. The molecule has 46 valence electrons. The molecule has 0 amide bonds. The SMILES string of the molecule is O=C1CS(=O)(=O)CO1. The molecule has 5 heteroatoms. The number of esters is 1. The minimum atomic E-state index is -3.17. The first-order chi connectivity index (χ1) is 3.60. The van der Waals surface area contributed by atoms with E-state index < -0.39 is 27.5 Å².